The summed E-state index contributed by atoms with van der Waals surface area (Å²) in [6.45, 7) is 0. The lowest BCUT2D eigenvalue weighted by atomic mass is 10.0. The molecule has 24 heavy (non-hydrogen) atoms. The largest absolute Gasteiger partial charge is 0.289 e. The number of amides is 1. The van der Waals surface area contributed by atoms with Gasteiger partial charge in [-0.1, -0.05) is 46.9 Å². The Morgan fingerprint density at radius 3 is 2.42 bits per heavy atom. The number of halogens is 3. The molecule has 2 aromatic carbocycles. The normalized spacial score (nSPS) is 16.9. The van der Waals surface area contributed by atoms with Crippen LogP contribution in [0.3, 0.4) is 0 Å². The van der Waals surface area contributed by atoms with Crippen LogP contribution < -0.4 is 16.3 Å². The van der Waals surface area contributed by atoms with Gasteiger partial charge in [0.25, 0.3) is 5.91 Å². The van der Waals surface area contributed by atoms with Crippen molar-refractivity contribution in [3.63, 3.8) is 0 Å². The molecule has 3 rings (SSSR count). The molecule has 0 aliphatic carbocycles. The van der Waals surface area contributed by atoms with E-state index in [1.54, 1.807) is 35.3 Å². The Bertz CT molecular complexity index is 807. The van der Waals surface area contributed by atoms with Gasteiger partial charge in [0.15, 0.2) is 0 Å². The zero-order valence-electron chi connectivity index (χ0n) is 12.3. The van der Waals surface area contributed by atoms with E-state index in [4.69, 9.17) is 40.6 Å². The van der Waals surface area contributed by atoms with Gasteiger partial charge in [-0.15, -0.1) is 0 Å². The minimum Gasteiger partial charge on any atom is -0.289 e. The predicted octanol–water partition coefficient (Wildman–Crippen LogP) is 3.94. The summed E-state index contributed by atoms with van der Waals surface area (Å²) in [5.41, 5.74) is 4.04. The van der Waals surface area contributed by atoms with Gasteiger partial charge in [0.05, 0.1) is 16.8 Å². The summed E-state index contributed by atoms with van der Waals surface area (Å²) in [6.07, 6.45) is 0.392. The van der Waals surface area contributed by atoms with Crippen molar-refractivity contribution in [2.24, 2.45) is 10.9 Å². The number of benzene rings is 2. The quantitative estimate of drug-likeness (QED) is 0.479. The highest BCUT2D eigenvalue weighted by atomic mass is 35.5. The number of hydrogen-bond acceptors (Lipinski definition) is 4. The smallest absolute Gasteiger partial charge is 0.281 e. The van der Waals surface area contributed by atoms with E-state index in [0.717, 1.165) is 5.56 Å². The third kappa shape index (κ3) is 3.35. The van der Waals surface area contributed by atoms with Crippen molar-refractivity contribution in [2.45, 2.75) is 12.5 Å². The molecule has 0 spiro atoms. The molecule has 0 radical (unpaired) electrons. The molecule has 1 aliphatic heterocycles. The molecule has 0 aromatic heterocycles. The van der Waals surface area contributed by atoms with Crippen LogP contribution in [0.1, 0.15) is 18.0 Å². The fourth-order valence-corrected chi connectivity index (χ4v) is 3.19. The number of nitrogens with one attached hydrogen (secondary N) is 1. The molecule has 0 bridgehead atoms. The number of rotatable bonds is 3. The number of hydrazine groups is 1. The standard InChI is InChI=1S/C16H13Cl3N4O/c17-10-3-1-9(2-4-10)15-8-13(16(24)21-20)22-23(15)14-6-5-11(18)7-12(14)19/h1-7,15H,8,20H2,(H,21,24)/t15-/m1/s1. The van der Waals surface area contributed by atoms with Gasteiger partial charge < -0.3 is 0 Å². The van der Waals surface area contributed by atoms with Crippen molar-refractivity contribution in [3.8, 4) is 0 Å². The zero-order valence-corrected chi connectivity index (χ0v) is 14.6. The van der Waals surface area contributed by atoms with Gasteiger partial charge >= 0.3 is 0 Å². The Morgan fingerprint density at radius 2 is 1.79 bits per heavy atom. The number of carbonyl (C=O) groups excluding carboxylic acids is 1. The average molecular weight is 384 g/mol. The van der Waals surface area contributed by atoms with Gasteiger partial charge in [-0.3, -0.25) is 15.2 Å². The first-order valence-electron chi connectivity index (χ1n) is 7.08. The predicted molar refractivity (Wildman–Crippen MR) is 97.5 cm³/mol. The van der Waals surface area contributed by atoms with E-state index >= 15 is 0 Å². The second-order valence-corrected chi connectivity index (χ2v) is 6.51. The number of hydrazone groups is 1. The minimum atomic E-state index is -0.429. The Labute approximate surface area is 153 Å². The van der Waals surface area contributed by atoms with Gasteiger partial charge in [0.1, 0.15) is 5.71 Å². The first kappa shape index (κ1) is 17.0. The Morgan fingerprint density at radius 1 is 1.12 bits per heavy atom. The molecular weight excluding hydrogens is 371 g/mol. The summed E-state index contributed by atoms with van der Waals surface area (Å²) in [5.74, 6) is 4.80. The molecule has 0 saturated carbocycles. The molecule has 3 N–H and O–H groups in total. The summed E-state index contributed by atoms with van der Waals surface area (Å²) >= 11 is 18.2. The van der Waals surface area contributed by atoms with Crippen LogP contribution in [0.2, 0.25) is 15.1 Å². The molecule has 0 fully saturated rings. The monoisotopic (exact) mass is 382 g/mol. The summed E-state index contributed by atoms with van der Waals surface area (Å²) in [7, 11) is 0. The molecule has 1 heterocycles. The lowest BCUT2D eigenvalue weighted by molar-refractivity contribution is -0.114. The third-order valence-electron chi connectivity index (χ3n) is 3.71. The number of carbonyl (C=O) groups is 1. The fourth-order valence-electron chi connectivity index (χ4n) is 2.56. The van der Waals surface area contributed by atoms with Crippen molar-refractivity contribution in [1.29, 1.82) is 0 Å². The van der Waals surface area contributed by atoms with Crippen LogP contribution in [-0.2, 0) is 4.79 Å². The number of anilines is 1. The second-order valence-electron chi connectivity index (χ2n) is 5.23. The first-order chi connectivity index (χ1) is 11.5. The van der Waals surface area contributed by atoms with Gasteiger partial charge in [0, 0.05) is 16.5 Å². The molecule has 5 nitrogen and oxygen atoms in total. The van der Waals surface area contributed by atoms with Gasteiger partial charge in [0.2, 0.25) is 0 Å². The zero-order chi connectivity index (χ0) is 17.3. The maximum Gasteiger partial charge on any atom is 0.281 e. The van der Waals surface area contributed by atoms with E-state index in [2.05, 4.69) is 10.5 Å². The van der Waals surface area contributed by atoms with Crippen molar-refractivity contribution in [1.82, 2.24) is 5.43 Å². The lowest BCUT2D eigenvalue weighted by Gasteiger charge is -2.25. The topological polar surface area (TPSA) is 70.7 Å². The average Bonchev–Trinajstić information content (AvgIpc) is 3.00. The number of nitrogens with two attached hydrogens (primary N) is 1. The Balaban J connectivity index is 2.04. The molecule has 8 heteroatoms. The van der Waals surface area contributed by atoms with Crippen LogP contribution in [0.4, 0.5) is 5.69 Å². The number of nitrogens with zero attached hydrogens (tertiary/aromatic N) is 2. The summed E-state index contributed by atoms with van der Waals surface area (Å²) in [4.78, 5) is 11.9. The molecule has 2 aromatic rings. The highest BCUT2D eigenvalue weighted by Crippen LogP contribution is 2.39. The fraction of sp³-hybridized carbons (Fsp3) is 0.125. The molecular formula is C16H13Cl3N4O. The molecule has 1 amide bonds. The summed E-state index contributed by atoms with van der Waals surface area (Å²) in [6, 6.07) is 12.3. The molecule has 124 valence electrons. The van der Waals surface area contributed by atoms with Crippen molar-refractivity contribution in [3.05, 3.63) is 63.1 Å². The first-order valence-corrected chi connectivity index (χ1v) is 8.21. The van der Waals surface area contributed by atoms with Gasteiger partial charge in [-0.25, -0.2) is 5.84 Å². The van der Waals surface area contributed by atoms with Crippen LogP contribution in [0.25, 0.3) is 0 Å². The van der Waals surface area contributed by atoms with Crippen LogP contribution in [0.5, 0.6) is 0 Å². The summed E-state index contributed by atoms with van der Waals surface area (Å²) < 4.78 is 0. The lowest BCUT2D eigenvalue weighted by Crippen LogP contribution is -2.35. The maximum absolute atomic E-state index is 11.9. The van der Waals surface area contributed by atoms with Gasteiger partial charge in [-0.05, 0) is 35.9 Å². The van der Waals surface area contributed by atoms with Gasteiger partial charge in [-0.2, -0.15) is 5.10 Å². The van der Waals surface area contributed by atoms with Crippen molar-refractivity contribution < 1.29 is 4.79 Å². The molecule has 0 saturated heterocycles. The van der Waals surface area contributed by atoms with Crippen LogP contribution in [0.15, 0.2) is 47.6 Å². The summed E-state index contributed by atoms with van der Waals surface area (Å²) in [5, 5.41) is 7.70. The molecule has 0 unspecified atom stereocenters. The Kier molecular flexibility index (Phi) is 4.96. The van der Waals surface area contributed by atoms with Crippen LogP contribution in [-0.4, -0.2) is 11.6 Å². The number of hydrogen-bond donors (Lipinski definition) is 2. The Hall–Kier alpha value is -1.79. The van der Waals surface area contributed by atoms with E-state index < -0.39 is 5.91 Å². The van der Waals surface area contributed by atoms with Crippen molar-refractivity contribution >= 4 is 52.1 Å². The van der Waals surface area contributed by atoms with E-state index in [0.29, 0.717) is 32.9 Å². The van der Waals surface area contributed by atoms with Crippen molar-refractivity contribution in [2.75, 3.05) is 5.01 Å². The third-order valence-corrected chi connectivity index (χ3v) is 4.50. The second kappa shape index (κ2) is 6.99. The van der Waals surface area contributed by atoms with E-state index in [1.165, 1.54) is 0 Å². The highest BCUT2D eigenvalue weighted by Gasteiger charge is 2.33. The van der Waals surface area contributed by atoms with E-state index in [9.17, 15) is 4.79 Å². The maximum atomic E-state index is 11.9. The highest BCUT2D eigenvalue weighted by molar-refractivity contribution is 6.40. The van der Waals surface area contributed by atoms with Crippen LogP contribution in [0, 0.1) is 0 Å². The molecule has 1 aliphatic rings. The minimum absolute atomic E-state index is 0.201. The van der Waals surface area contributed by atoms with E-state index in [-0.39, 0.29) is 6.04 Å². The van der Waals surface area contributed by atoms with Crippen LogP contribution >= 0.6 is 34.8 Å². The SMILES string of the molecule is NNC(=O)C1=NN(c2ccc(Cl)cc2Cl)[C@@H](c2ccc(Cl)cc2)C1. The molecule has 1 atom stereocenters. The van der Waals surface area contributed by atoms with E-state index in [1.807, 2.05) is 12.1 Å².